The van der Waals surface area contributed by atoms with Crippen LogP contribution in [-0.2, 0) is 16.1 Å². The Hall–Kier alpha value is -3.54. The molecule has 2 unspecified atom stereocenters. The molecule has 5 rings (SSSR count). The average molecular weight is 472 g/mol. The molecule has 2 aromatic heterocycles. The fourth-order valence-corrected chi connectivity index (χ4v) is 4.99. The Balaban J connectivity index is 1.39. The molecule has 0 fully saturated rings. The third-order valence-electron chi connectivity index (χ3n) is 7.23. The van der Waals surface area contributed by atoms with Crippen LogP contribution in [0.3, 0.4) is 0 Å². The van der Waals surface area contributed by atoms with Crippen LogP contribution in [0, 0.1) is 24.6 Å². The van der Waals surface area contributed by atoms with Crippen LogP contribution in [0.25, 0.3) is 22.6 Å². The lowest BCUT2D eigenvalue weighted by atomic mass is 9.77. The Morgan fingerprint density at radius 1 is 1.17 bits per heavy atom. The van der Waals surface area contributed by atoms with Gasteiger partial charge in [0.1, 0.15) is 23.8 Å². The molecule has 0 bridgehead atoms. The first-order chi connectivity index (χ1) is 16.9. The second-order valence-electron chi connectivity index (χ2n) is 9.61. The maximum absolute atomic E-state index is 13.8. The summed E-state index contributed by atoms with van der Waals surface area (Å²) in [5.41, 5.74) is 4.72. The lowest BCUT2D eigenvalue weighted by Gasteiger charge is -2.32. The van der Waals surface area contributed by atoms with Gasteiger partial charge in [0.2, 0.25) is 0 Å². The van der Waals surface area contributed by atoms with Crippen LogP contribution in [-0.4, -0.2) is 20.5 Å². The Morgan fingerprint density at radius 2 is 1.97 bits per heavy atom. The molecule has 0 N–H and O–H groups in total. The van der Waals surface area contributed by atoms with E-state index in [1.54, 1.807) is 17.7 Å². The minimum atomic E-state index is -0.348. The molecule has 1 aromatic carbocycles. The summed E-state index contributed by atoms with van der Waals surface area (Å²) < 4.78 is 21.5. The van der Waals surface area contributed by atoms with Crippen LogP contribution in [0.5, 0.6) is 0 Å². The molecule has 2 aliphatic rings. The van der Waals surface area contributed by atoms with E-state index in [0.29, 0.717) is 17.1 Å². The Morgan fingerprint density at radius 3 is 2.74 bits per heavy atom. The van der Waals surface area contributed by atoms with Gasteiger partial charge in [0.25, 0.3) is 0 Å². The van der Waals surface area contributed by atoms with Gasteiger partial charge in [0, 0.05) is 12.3 Å². The first-order valence-electron chi connectivity index (χ1n) is 12.2. The number of halogens is 1. The summed E-state index contributed by atoms with van der Waals surface area (Å²) in [6.07, 6.45) is 5.88. The van der Waals surface area contributed by atoms with Gasteiger partial charge in [0.15, 0.2) is 5.78 Å². The van der Waals surface area contributed by atoms with E-state index in [0.717, 1.165) is 48.5 Å². The van der Waals surface area contributed by atoms with Crippen molar-refractivity contribution in [2.75, 3.05) is 0 Å². The molecule has 0 amide bonds. The third kappa shape index (κ3) is 4.83. The predicted molar refractivity (Wildman–Crippen MR) is 134 cm³/mol. The number of allylic oxidation sites excluding steroid dienone is 4. The number of rotatable bonds is 6. The van der Waals surface area contributed by atoms with Crippen molar-refractivity contribution in [2.24, 2.45) is 11.8 Å². The second-order valence-corrected chi connectivity index (χ2v) is 9.61. The number of ketones is 1. The quantitative estimate of drug-likeness (QED) is 0.404. The van der Waals surface area contributed by atoms with Crippen molar-refractivity contribution in [3.05, 3.63) is 83.2 Å². The maximum atomic E-state index is 13.8. The van der Waals surface area contributed by atoms with E-state index in [-0.39, 0.29) is 30.0 Å². The molecule has 0 saturated heterocycles. The number of hydrogen-bond acceptors (Lipinski definition) is 4. The van der Waals surface area contributed by atoms with Gasteiger partial charge < -0.3 is 4.74 Å². The minimum Gasteiger partial charge on any atom is -0.467 e. The highest BCUT2D eigenvalue weighted by Gasteiger charge is 2.31. The van der Waals surface area contributed by atoms with E-state index >= 15 is 0 Å². The summed E-state index contributed by atoms with van der Waals surface area (Å²) in [4.78, 5) is 17.8. The highest BCUT2D eigenvalue weighted by atomic mass is 19.1. The SMILES string of the molecule is CC1=CCC2=C(CC(C(C)C(=O)Cn3nc(-c4ccc(F)c(C)n4)cc3-c3ccccc3)CC2)O1. The average Bonchev–Trinajstić information content (AvgIpc) is 3.29. The molecule has 0 radical (unpaired) electrons. The second kappa shape index (κ2) is 9.61. The topological polar surface area (TPSA) is 57.0 Å². The Kier molecular flexibility index (Phi) is 6.37. The summed E-state index contributed by atoms with van der Waals surface area (Å²) in [6, 6.07) is 14.8. The third-order valence-corrected chi connectivity index (χ3v) is 7.23. The van der Waals surface area contributed by atoms with Crippen molar-refractivity contribution >= 4 is 5.78 Å². The van der Waals surface area contributed by atoms with Crippen LogP contribution in [0.1, 0.15) is 45.2 Å². The lowest BCUT2D eigenvalue weighted by Crippen LogP contribution is -2.28. The molecular weight excluding hydrogens is 441 g/mol. The van der Waals surface area contributed by atoms with Crippen molar-refractivity contribution in [1.82, 2.24) is 14.8 Å². The molecule has 35 heavy (non-hydrogen) atoms. The van der Waals surface area contributed by atoms with Gasteiger partial charge in [-0.05, 0) is 74.4 Å². The molecule has 6 heteroatoms. The standard InChI is InChI=1S/C29H30FN3O2/c1-18-9-10-22-11-12-23(15-29(22)35-18)19(2)28(34)17-33-27(21-7-5-4-6-8-21)16-26(32-33)25-14-13-24(30)20(3)31-25/h4-9,13-14,16,19,23H,10-12,15,17H2,1-3H3. The van der Waals surface area contributed by atoms with E-state index < -0.39 is 0 Å². The van der Waals surface area contributed by atoms with Crippen molar-refractivity contribution in [1.29, 1.82) is 0 Å². The zero-order valence-electron chi connectivity index (χ0n) is 20.4. The lowest BCUT2D eigenvalue weighted by molar-refractivity contribution is -0.124. The first-order valence-corrected chi connectivity index (χ1v) is 12.2. The number of carbonyl (C=O) groups is 1. The maximum Gasteiger partial charge on any atom is 0.157 e. The van der Waals surface area contributed by atoms with Gasteiger partial charge in [-0.3, -0.25) is 9.48 Å². The molecule has 0 saturated carbocycles. The largest absolute Gasteiger partial charge is 0.467 e. The van der Waals surface area contributed by atoms with Gasteiger partial charge >= 0.3 is 0 Å². The van der Waals surface area contributed by atoms with E-state index in [1.807, 2.05) is 50.2 Å². The predicted octanol–water partition coefficient (Wildman–Crippen LogP) is 6.64. The molecular formula is C29H30FN3O2. The number of pyridine rings is 1. The molecule has 180 valence electrons. The molecule has 5 nitrogen and oxygen atoms in total. The molecule has 3 heterocycles. The molecule has 0 spiro atoms. The first kappa shape index (κ1) is 23.2. The van der Waals surface area contributed by atoms with Crippen molar-refractivity contribution in [3.8, 4) is 22.6 Å². The summed E-state index contributed by atoms with van der Waals surface area (Å²) in [7, 11) is 0. The molecule has 1 aliphatic heterocycles. The number of carbonyl (C=O) groups excluding carboxylic acids is 1. The van der Waals surface area contributed by atoms with Crippen LogP contribution in [0.4, 0.5) is 4.39 Å². The van der Waals surface area contributed by atoms with E-state index in [9.17, 15) is 9.18 Å². The van der Waals surface area contributed by atoms with Gasteiger partial charge in [-0.15, -0.1) is 0 Å². The van der Waals surface area contributed by atoms with Crippen LogP contribution >= 0.6 is 0 Å². The number of Topliss-reactive ketones (excluding diaryl/α,β-unsaturated/α-hetero) is 1. The Labute approximate surface area is 205 Å². The number of hydrogen-bond donors (Lipinski definition) is 0. The fourth-order valence-electron chi connectivity index (χ4n) is 4.99. The molecule has 1 aliphatic carbocycles. The molecule has 2 atom stereocenters. The number of nitrogens with zero attached hydrogens (tertiary/aromatic N) is 3. The van der Waals surface area contributed by atoms with Gasteiger partial charge in [-0.25, -0.2) is 9.37 Å². The highest BCUT2D eigenvalue weighted by molar-refractivity contribution is 5.82. The molecule has 3 aromatic rings. The van der Waals surface area contributed by atoms with Crippen LogP contribution in [0.15, 0.2) is 71.7 Å². The van der Waals surface area contributed by atoms with Gasteiger partial charge in [0.05, 0.1) is 22.8 Å². The zero-order chi connectivity index (χ0) is 24.5. The number of aromatic nitrogens is 3. The van der Waals surface area contributed by atoms with E-state index in [2.05, 4.69) is 11.1 Å². The number of ether oxygens (including phenoxy) is 1. The monoisotopic (exact) mass is 471 g/mol. The van der Waals surface area contributed by atoms with E-state index in [1.165, 1.54) is 11.6 Å². The van der Waals surface area contributed by atoms with Gasteiger partial charge in [-0.2, -0.15) is 5.10 Å². The summed E-state index contributed by atoms with van der Waals surface area (Å²) in [5.74, 6) is 1.95. The number of benzene rings is 1. The van der Waals surface area contributed by atoms with Crippen molar-refractivity contribution in [3.63, 3.8) is 0 Å². The normalized spacial score (nSPS) is 18.5. The minimum absolute atomic E-state index is 0.110. The summed E-state index contributed by atoms with van der Waals surface area (Å²) in [5, 5.41) is 4.74. The smallest absolute Gasteiger partial charge is 0.157 e. The number of aryl methyl sites for hydroxylation is 1. The van der Waals surface area contributed by atoms with Crippen LogP contribution < -0.4 is 0 Å². The summed E-state index contributed by atoms with van der Waals surface area (Å²) in [6.45, 7) is 5.83. The van der Waals surface area contributed by atoms with Crippen molar-refractivity contribution in [2.45, 2.75) is 53.0 Å². The fraction of sp³-hybridized carbons (Fsp3) is 0.345. The van der Waals surface area contributed by atoms with Gasteiger partial charge in [-0.1, -0.05) is 37.3 Å². The summed E-state index contributed by atoms with van der Waals surface area (Å²) >= 11 is 0. The van der Waals surface area contributed by atoms with E-state index in [4.69, 9.17) is 9.84 Å². The highest BCUT2D eigenvalue weighted by Crippen LogP contribution is 2.39. The van der Waals surface area contributed by atoms with Crippen LogP contribution in [0.2, 0.25) is 0 Å². The Bertz CT molecular complexity index is 1320. The van der Waals surface area contributed by atoms with Crippen molar-refractivity contribution < 1.29 is 13.9 Å². The zero-order valence-corrected chi connectivity index (χ0v) is 20.4.